The largest absolute Gasteiger partial charge is 0.478 e. The highest BCUT2D eigenvalue weighted by Gasteiger charge is 2.07. The van der Waals surface area contributed by atoms with Crippen LogP contribution in [0.1, 0.15) is 17.3 Å². The van der Waals surface area contributed by atoms with Crippen molar-refractivity contribution >= 4 is 35.1 Å². The van der Waals surface area contributed by atoms with E-state index in [1.807, 2.05) is 0 Å². The van der Waals surface area contributed by atoms with Crippen LogP contribution in [0.2, 0.25) is 0 Å². The fourth-order valence-electron chi connectivity index (χ4n) is 1.61. The molecule has 20 heavy (non-hydrogen) atoms. The quantitative estimate of drug-likeness (QED) is 0.535. The summed E-state index contributed by atoms with van der Waals surface area (Å²) >= 11 is 0. The SMILES string of the molecule is C=C(C)C(=O)Oc1ccc2cc(C(=O)O)ccc2c1.Cl. The molecule has 2 aromatic rings. The Morgan fingerprint density at radius 3 is 2.30 bits per heavy atom. The van der Waals surface area contributed by atoms with Crippen LogP contribution in [0.15, 0.2) is 48.6 Å². The fraction of sp³-hybridized carbons (Fsp3) is 0.0667. The summed E-state index contributed by atoms with van der Waals surface area (Å²) in [5, 5.41) is 10.5. The monoisotopic (exact) mass is 292 g/mol. The van der Waals surface area contributed by atoms with Crippen LogP contribution in [0.4, 0.5) is 0 Å². The topological polar surface area (TPSA) is 63.6 Å². The van der Waals surface area contributed by atoms with Gasteiger partial charge in [-0.25, -0.2) is 9.59 Å². The van der Waals surface area contributed by atoms with Gasteiger partial charge in [-0.2, -0.15) is 0 Å². The van der Waals surface area contributed by atoms with Crippen LogP contribution >= 0.6 is 12.4 Å². The fourth-order valence-corrected chi connectivity index (χ4v) is 1.61. The molecule has 0 radical (unpaired) electrons. The molecule has 4 nitrogen and oxygen atoms in total. The lowest BCUT2D eigenvalue weighted by Gasteiger charge is -2.05. The van der Waals surface area contributed by atoms with Gasteiger partial charge in [0.25, 0.3) is 0 Å². The first-order valence-electron chi connectivity index (χ1n) is 5.62. The van der Waals surface area contributed by atoms with Gasteiger partial charge in [-0.15, -0.1) is 12.4 Å². The summed E-state index contributed by atoms with van der Waals surface area (Å²) in [7, 11) is 0. The van der Waals surface area contributed by atoms with Crippen LogP contribution < -0.4 is 4.74 Å². The van der Waals surface area contributed by atoms with Gasteiger partial charge in [0.2, 0.25) is 0 Å². The van der Waals surface area contributed by atoms with Crippen molar-refractivity contribution in [2.24, 2.45) is 0 Å². The summed E-state index contributed by atoms with van der Waals surface area (Å²) < 4.78 is 5.11. The molecule has 0 spiro atoms. The van der Waals surface area contributed by atoms with Crippen molar-refractivity contribution in [1.82, 2.24) is 0 Å². The third-order valence-electron chi connectivity index (χ3n) is 2.62. The van der Waals surface area contributed by atoms with Crippen LogP contribution in [0, 0.1) is 0 Å². The third-order valence-corrected chi connectivity index (χ3v) is 2.62. The van der Waals surface area contributed by atoms with E-state index in [0.717, 1.165) is 10.8 Å². The van der Waals surface area contributed by atoms with Gasteiger partial charge in [-0.1, -0.05) is 18.7 Å². The normalized spacial score (nSPS) is 9.65. The molecule has 0 aliphatic heterocycles. The zero-order valence-electron chi connectivity index (χ0n) is 10.8. The average molecular weight is 293 g/mol. The molecule has 2 aromatic carbocycles. The molecule has 0 saturated carbocycles. The molecular weight excluding hydrogens is 280 g/mol. The Balaban J connectivity index is 0.00000200. The number of fused-ring (bicyclic) bond motifs is 1. The number of rotatable bonds is 3. The highest BCUT2D eigenvalue weighted by atomic mass is 35.5. The lowest BCUT2D eigenvalue weighted by molar-refractivity contribution is -0.130. The van der Waals surface area contributed by atoms with E-state index in [-0.39, 0.29) is 18.0 Å². The Bertz CT molecular complexity index is 691. The second-order valence-corrected chi connectivity index (χ2v) is 4.20. The standard InChI is InChI=1S/C15H12O4.ClH/c1-9(2)15(18)19-13-6-5-10-7-12(14(16)17)4-3-11(10)8-13;/h3-8H,1H2,2H3,(H,16,17);1H. The second kappa shape index (κ2) is 6.21. The minimum atomic E-state index is -0.973. The van der Waals surface area contributed by atoms with Crippen molar-refractivity contribution in [1.29, 1.82) is 0 Å². The number of aromatic carboxylic acids is 1. The lowest BCUT2D eigenvalue weighted by Crippen LogP contribution is -2.07. The molecule has 0 bridgehead atoms. The number of carboxylic acids is 1. The Labute approximate surface area is 122 Å². The zero-order chi connectivity index (χ0) is 14.0. The Morgan fingerprint density at radius 1 is 1.10 bits per heavy atom. The number of benzene rings is 2. The Hall–Kier alpha value is -2.33. The summed E-state index contributed by atoms with van der Waals surface area (Å²) in [6.07, 6.45) is 0. The molecule has 5 heteroatoms. The maximum atomic E-state index is 11.4. The summed E-state index contributed by atoms with van der Waals surface area (Å²) in [6.45, 7) is 5.08. The average Bonchev–Trinajstić information content (AvgIpc) is 2.37. The lowest BCUT2D eigenvalue weighted by atomic mass is 10.1. The Kier molecular flexibility index (Phi) is 4.88. The highest BCUT2D eigenvalue weighted by Crippen LogP contribution is 2.22. The molecule has 0 heterocycles. The molecular formula is C15H13ClO4. The van der Waals surface area contributed by atoms with Crippen LogP contribution in [-0.4, -0.2) is 17.0 Å². The smallest absolute Gasteiger partial charge is 0.338 e. The predicted molar refractivity (Wildman–Crippen MR) is 78.6 cm³/mol. The van der Waals surface area contributed by atoms with Gasteiger partial charge >= 0.3 is 11.9 Å². The van der Waals surface area contributed by atoms with Gasteiger partial charge in [-0.05, 0) is 42.0 Å². The summed E-state index contributed by atoms with van der Waals surface area (Å²) in [4.78, 5) is 22.2. The zero-order valence-corrected chi connectivity index (χ0v) is 11.6. The first-order chi connectivity index (χ1) is 8.97. The maximum absolute atomic E-state index is 11.4. The second-order valence-electron chi connectivity index (χ2n) is 4.20. The molecule has 0 unspecified atom stereocenters. The van der Waals surface area contributed by atoms with E-state index in [2.05, 4.69) is 6.58 Å². The van der Waals surface area contributed by atoms with Gasteiger partial charge in [0.15, 0.2) is 0 Å². The molecule has 0 atom stereocenters. The van der Waals surface area contributed by atoms with Crippen molar-refractivity contribution in [2.75, 3.05) is 0 Å². The number of carbonyl (C=O) groups excluding carboxylic acids is 1. The van der Waals surface area contributed by atoms with E-state index < -0.39 is 11.9 Å². The number of halogens is 1. The molecule has 0 aromatic heterocycles. The van der Waals surface area contributed by atoms with E-state index >= 15 is 0 Å². The summed E-state index contributed by atoms with van der Waals surface area (Å²) in [5.41, 5.74) is 0.542. The van der Waals surface area contributed by atoms with Gasteiger partial charge in [0.1, 0.15) is 5.75 Å². The third kappa shape index (κ3) is 3.36. The van der Waals surface area contributed by atoms with Crippen molar-refractivity contribution in [3.05, 3.63) is 54.1 Å². The van der Waals surface area contributed by atoms with Crippen molar-refractivity contribution in [3.8, 4) is 5.75 Å². The van der Waals surface area contributed by atoms with Gasteiger partial charge in [-0.3, -0.25) is 0 Å². The van der Waals surface area contributed by atoms with Crippen LogP contribution in [0.5, 0.6) is 5.75 Å². The molecule has 0 aliphatic rings. The molecule has 104 valence electrons. The molecule has 2 rings (SSSR count). The first-order valence-corrected chi connectivity index (χ1v) is 5.62. The van der Waals surface area contributed by atoms with E-state index in [4.69, 9.17) is 9.84 Å². The maximum Gasteiger partial charge on any atom is 0.338 e. The van der Waals surface area contributed by atoms with Crippen LogP contribution in [0.3, 0.4) is 0 Å². The van der Waals surface area contributed by atoms with Crippen molar-refractivity contribution in [3.63, 3.8) is 0 Å². The highest BCUT2D eigenvalue weighted by molar-refractivity contribution is 5.95. The van der Waals surface area contributed by atoms with E-state index in [0.29, 0.717) is 11.3 Å². The van der Waals surface area contributed by atoms with E-state index in [9.17, 15) is 9.59 Å². The van der Waals surface area contributed by atoms with Gasteiger partial charge < -0.3 is 9.84 Å². The number of ether oxygens (including phenoxy) is 1. The molecule has 0 amide bonds. The molecule has 0 fully saturated rings. The Morgan fingerprint density at radius 2 is 1.70 bits per heavy atom. The number of carbonyl (C=O) groups is 2. The number of hydrogen-bond acceptors (Lipinski definition) is 3. The number of carboxylic acid groups (broad SMARTS) is 1. The first kappa shape index (κ1) is 15.7. The van der Waals surface area contributed by atoms with Crippen LogP contribution in [-0.2, 0) is 4.79 Å². The summed E-state index contributed by atoms with van der Waals surface area (Å²) in [5.74, 6) is -1.05. The minimum Gasteiger partial charge on any atom is -0.478 e. The molecule has 1 N–H and O–H groups in total. The number of esters is 1. The molecule has 0 saturated heterocycles. The van der Waals surface area contributed by atoms with Crippen LogP contribution in [0.25, 0.3) is 10.8 Å². The molecule has 0 aliphatic carbocycles. The van der Waals surface area contributed by atoms with E-state index in [1.54, 1.807) is 37.3 Å². The number of hydrogen-bond donors (Lipinski definition) is 1. The van der Waals surface area contributed by atoms with Crippen molar-refractivity contribution < 1.29 is 19.4 Å². The summed E-state index contributed by atoms with van der Waals surface area (Å²) in [6, 6.07) is 9.77. The minimum absolute atomic E-state index is 0. The predicted octanol–water partition coefficient (Wildman–Crippen LogP) is 3.44. The van der Waals surface area contributed by atoms with Crippen molar-refractivity contribution in [2.45, 2.75) is 6.92 Å². The van der Waals surface area contributed by atoms with Gasteiger partial charge in [0.05, 0.1) is 5.56 Å². The van der Waals surface area contributed by atoms with E-state index in [1.165, 1.54) is 6.07 Å². The van der Waals surface area contributed by atoms with Gasteiger partial charge in [0, 0.05) is 5.57 Å².